The highest BCUT2D eigenvalue weighted by molar-refractivity contribution is 6.05. The van der Waals surface area contributed by atoms with E-state index in [0.717, 1.165) is 0 Å². The number of carbonyl (C=O) groups excluding carboxylic acids is 1. The molecule has 1 aliphatic rings. The van der Waals surface area contributed by atoms with Gasteiger partial charge in [-0.3, -0.25) is 4.79 Å². The Morgan fingerprint density at radius 2 is 1.04 bits per heavy atom. The average Bonchev–Trinajstić information content (AvgIpc) is 2.61. The van der Waals surface area contributed by atoms with Crippen LogP contribution in [0.5, 0.6) is 57.5 Å². The van der Waals surface area contributed by atoms with Gasteiger partial charge in [-0.25, -0.2) is 0 Å². The summed E-state index contributed by atoms with van der Waals surface area (Å²) >= 11 is 0. The van der Waals surface area contributed by atoms with E-state index < -0.39 is 86.9 Å². The van der Waals surface area contributed by atoms with Crippen molar-refractivity contribution in [1.82, 2.24) is 0 Å². The van der Waals surface area contributed by atoms with E-state index in [1.165, 1.54) is 0 Å². The van der Waals surface area contributed by atoms with Crippen LogP contribution in [0.3, 0.4) is 0 Å². The Kier molecular flexibility index (Phi) is 3.46. The Bertz CT molecular complexity index is 934. The third-order valence-electron chi connectivity index (χ3n) is 3.99. The summed E-state index contributed by atoms with van der Waals surface area (Å²) in [4.78, 5) is 12.3. The van der Waals surface area contributed by atoms with Gasteiger partial charge < -0.3 is 50.7 Å². The lowest BCUT2D eigenvalue weighted by Crippen LogP contribution is -2.21. The van der Waals surface area contributed by atoms with Crippen LogP contribution >= 0.6 is 0 Å². The zero-order chi connectivity index (χ0) is 19.5. The summed E-state index contributed by atoms with van der Waals surface area (Å²) in [6, 6.07) is 0. The van der Waals surface area contributed by atoms with Crippen molar-refractivity contribution in [1.29, 1.82) is 0 Å². The molecule has 1 aliphatic heterocycles. The van der Waals surface area contributed by atoms with E-state index in [9.17, 15) is 50.8 Å². The smallest absolute Gasteiger partial charge is 0.208 e. The van der Waals surface area contributed by atoms with Gasteiger partial charge >= 0.3 is 0 Å². The number of ketones is 1. The molecule has 0 spiro atoms. The summed E-state index contributed by atoms with van der Waals surface area (Å²) < 4.78 is 5.22. The maximum absolute atomic E-state index is 12.3. The highest BCUT2D eigenvalue weighted by atomic mass is 16.5. The largest absolute Gasteiger partial charge is 0.504 e. The molecule has 1 atom stereocenters. The molecule has 1 unspecified atom stereocenters. The second-order valence-electron chi connectivity index (χ2n) is 5.49. The fraction of sp³-hybridized carbons (Fsp3) is 0.133. The molecule has 0 saturated carbocycles. The van der Waals surface area contributed by atoms with Gasteiger partial charge in [-0.2, -0.15) is 0 Å². The monoisotopic (exact) mass is 368 g/mol. The van der Waals surface area contributed by atoms with Gasteiger partial charge in [0.2, 0.25) is 34.5 Å². The summed E-state index contributed by atoms with van der Waals surface area (Å²) in [5, 5.41) is 87.1. The number of Topliss-reactive ketones (excluding diaryl/α,β-unsaturated/α-hetero) is 1. The van der Waals surface area contributed by atoms with Crippen LogP contribution in [0.15, 0.2) is 0 Å². The molecular weight excluding hydrogens is 356 g/mol. The van der Waals surface area contributed by atoms with Crippen molar-refractivity contribution in [2.75, 3.05) is 0 Å². The van der Waals surface area contributed by atoms with Gasteiger partial charge in [-0.1, -0.05) is 0 Å². The lowest BCUT2D eigenvalue weighted by molar-refractivity contribution is 0.0826. The first-order valence-electron chi connectivity index (χ1n) is 6.96. The first kappa shape index (κ1) is 17.0. The highest BCUT2D eigenvalue weighted by Crippen LogP contribution is 2.58. The number of rotatable bonds is 1. The topological polar surface area (TPSA) is 208 Å². The number of carbonyl (C=O) groups is 1. The molecule has 2 aromatic rings. The minimum absolute atomic E-state index is 0.653. The molecule has 0 saturated heterocycles. The lowest BCUT2D eigenvalue weighted by Gasteiger charge is -2.28. The molecule has 11 nitrogen and oxygen atoms in total. The van der Waals surface area contributed by atoms with E-state index >= 15 is 0 Å². The molecule has 11 heteroatoms. The van der Waals surface area contributed by atoms with Gasteiger partial charge in [-0.05, 0) is 0 Å². The summed E-state index contributed by atoms with van der Waals surface area (Å²) in [6.07, 6.45) is -2.27. The number of fused-ring (bicyclic) bond motifs is 1. The van der Waals surface area contributed by atoms with Crippen LogP contribution in [0.25, 0.3) is 0 Å². The summed E-state index contributed by atoms with van der Waals surface area (Å²) in [7, 11) is 0. The first-order valence-corrected chi connectivity index (χ1v) is 6.96. The SMILES string of the molecule is O=C1CC(c2c(O)c(O)c(O)c(O)c2O)Oc2c(O)c(O)c(O)c(O)c21. The molecule has 138 valence electrons. The first-order chi connectivity index (χ1) is 12.1. The van der Waals surface area contributed by atoms with Crippen LogP contribution in [0.2, 0.25) is 0 Å². The van der Waals surface area contributed by atoms with E-state index in [4.69, 9.17) is 4.74 Å². The van der Waals surface area contributed by atoms with Gasteiger partial charge in [0.1, 0.15) is 11.7 Å². The standard InChI is InChI=1S/C15H12O11/c16-2-1-3(5-7(18)10(21)12(23)11(22)8(5)19)26-15-4(2)6(17)9(20)13(24)14(15)25/h3,17-25H,1H2. The Morgan fingerprint density at radius 3 is 1.58 bits per heavy atom. The number of phenols is 9. The van der Waals surface area contributed by atoms with Crippen molar-refractivity contribution < 1.29 is 55.5 Å². The fourth-order valence-electron chi connectivity index (χ4n) is 2.67. The van der Waals surface area contributed by atoms with Gasteiger partial charge in [-0.15, -0.1) is 0 Å². The maximum Gasteiger partial charge on any atom is 0.208 e. The molecule has 0 radical (unpaired) electrons. The van der Waals surface area contributed by atoms with Crippen molar-refractivity contribution >= 4 is 5.78 Å². The van der Waals surface area contributed by atoms with Gasteiger partial charge in [0.15, 0.2) is 28.8 Å². The van der Waals surface area contributed by atoms with Crippen LogP contribution < -0.4 is 4.74 Å². The minimum Gasteiger partial charge on any atom is -0.504 e. The third kappa shape index (κ3) is 2.03. The highest BCUT2D eigenvalue weighted by Gasteiger charge is 2.40. The number of hydrogen-bond donors (Lipinski definition) is 9. The Labute approximate surface area is 143 Å². The van der Waals surface area contributed by atoms with E-state index in [2.05, 4.69) is 0 Å². The summed E-state index contributed by atoms with van der Waals surface area (Å²) in [6.45, 7) is 0. The quantitative estimate of drug-likeness (QED) is 0.253. The lowest BCUT2D eigenvalue weighted by atomic mass is 9.93. The molecule has 0 fully saturated rings. The predicted molar refractivity (Wildman–Crippen MR) is 80.2 cm³/mol. The maximum atomic E-state index is 12.3. The average molecular weight is 368 g/mol. The van der Waals surface area contributed by atoms with Crippen LogP contribution in [-0.4, -0.2) is 51.7 Å². The molecule has 1 heterocycles. The Hall–Kier alpha value is -3.89. The van der Waals surface area contributed by atoms with Crippen LogP contribution in [0.4, 0.5) is 0 Å². The van der Waals surface area contributed by atoms with Crippen molar-refractivity contribution in [2.24, 2.45) is 0 Å². The van der Waals surface area contributed by atoms with Crippen molar-refractivity contribution in [2.45, 2.75) is 12.5 Å². The molecule has 0 bridgehead atoms. The molecule has 2 aromatic carbocycles. The van der Waals surface area contributed by atoms with Gasteiger partial charge in [0.05, 0.1) is 12.0 Å². The van der Waals surface area contributed by atoms with Crippen LogP contribution in [0, 0.1) is 0 Å². The molecule has 0 aromatic heterocycles. The van der Waals surface area contributed by atoms with Crippen molar-refractivity contribution in [3.63, 3.8) is 0 Å². The van der Waals surface area contributed by atoms with Crippen molar-refractivity contribution in [3.05, 3.63) is 11.1 Å². The molecule has 0 amide bonds. The number of aromatic hydroxyl groups is 9. The van der Waals surface area contributed by atoms with Crippen LogP contribution in [-0.2, 0) is 0 Å². The minimum atomic E-state index is -1.60. The number of ether oxygens (including phenoxy) is 1. The van der Waals surface area contributed by atoms with E-state index in [1.54, 1.807) is 0 Å². The molecule has 9 N–H and O–H groups in total. The summed E-state index contributed by atoms with van der Waals surface area (Å²) in [5.74, 6) is -12.0. The normalized spacial score (nSPS) is 16.2. The van der Waals surface area contributed by atoms with E-state index in [0.29, 0.717) is 0 Å². The molecule has 0 aliphatic carbocycles. The number of benzene rings is 2. The molecule has 26 heavy (non-hydrogen) atoms. The van der Waals surface area contributed by atoms with E-state index in [-0.39, 0.29) is 0 Å². The zero-order valence-corrected chi connectivity index (χ0v) is 12.6. The predicted octanol–water partition coefficient (Wildman–Crippen LogP) is 0.743. The Morgan fingerprint density at radius 1 is 0.615 bits per heavy atom. The van der Waals surface area contributed by atoms with Gasteiger partial charge in [0.25, 0.3) is 0 Å². The zero-order valence-electron chi connectivity index (χ0n) is 12.6. The molecule has 3 rings (SSSR count). The summed E-state index contributed by atoms with van der Waals surface area (Å²) in [5.41, 5.74) is -1.34. The molecular formula is C15H12O11. The third-order valence-corrected chi connectivity index (χ3v) is 3.99. The van der Waals surface area contributed by atoms with Gasteiger partial charge in [0, 0.05) is 0 Å². The Balaban J connectivity index is 2.22. The second-order valence-corrected chi connectivity index (χ2v) is 5.49. The fourth-order valence-corrected chi connectivity index (χ4v) is 2.67. The second kappa shape index (κ2) is 5.31. The van der Waals surface area contributed by atoms with Crippen LogP contribution in [0.1, 0.15) is 28.4 Å². The number of phenolic OH excluding ortho intramolecular Hbond substituents is 9. The number of hydrogen-bond acceptors (Lipinski definition) is 11. The van der Waals surface area contributed by atoms with Crippen molar-refractivity contribution in [3.8, 4) is 57.5 Å². The van der Waals surface area contributed by atoms with E-state index in [1.807, 2.05) is 0 Å².